The van der Waals surface area contributed by atoms with Gasteiger partial charge in [0.05, 0.1) is 23.8 Å². The number of imide groups is 1. The van der Waals surface area contributed by atoms with Gasteiger partial charge < -0.3 is 10.1 Å². The Morgan fingerprint density at radius 3 is 2.70 bits per heavy atom. The lowest BCUT2D eigenvalue weighted by Crippen LogP contribution is -2.31. The summed E-state index contributed by atoms with van der Waals surface area (Å²) >= 11 is 1.11. The van der Waals surface area contributed by atoms with Crippen molar-refractivity contribution in [1.82, 2.24) is 0 Å². The SMILES string of the molecule is COc1cccc(N2C(=O)CC(SCC(=O)Nc3ccc(F)cc3)C2=O)c1. The maximum Gasteiger partial charge on any atom is 0.247 e. The highest BCUT2D eigenvalue weighted by molar-refractivity contribution is 8.01. The number of amides is 3. The summed E-state index contributed by atoms with van der Waals surface area (Å²) in [6, 6.07) is 12.1. The Balaban J connectivity index is 1.59. The zero-order valence-electron chi connectivity index (χ0n) is 14.5. The van der Waals surface area contributed by atoms with Crippen LogP contribution in [-0.2, 0) is 14.4 Å². The number of rotatable bonds is 6. The average molecular weight is 388 g/mol. The molecule has 0 aromatic heterocycles. The van der Waals surface area contributed by atoms with Gasteiger partial charge in [0, 0.05) is 18.2 Å². The zero-order valence-corrected chi connectivity index (χ0v) is 15.3. The second-order valence-corrected chi connectivity index (χ2v) is 7.02. The number of nitrogens with zero attached hydrogens (tertiary/aromatic N) is 1. The molecule has 6 nitrogen and oxygen atoms in total. The van der Waals surface area contributed by atoms with Crippen LogP contribution in [0.2, 0.25) is 0 Å². The molecule has 8 heteroatoms. The highest BCUT2D eigenvalue weighted by Crippen LogP contribution is 2.31. The lowest BCUT2D eigenvalue weighted by atomic mass is 10.3. The van der Waals surface area contributed by atoms with Gasteiger partial charge in [0.15, 0.2) is 0 Å². The molecule has 0 aliphatic carbocycles. The lowest BCUT2D eigenvalue weighted by molar-refractivity contribution is -0.121. The molecule has 1 fully saturated rings. The van der Waals surface area contributed by atoms with Gasteiger partial charge in [0.25, 0.3) is 0 Å². The second-order valence-electron chi connectivity index (χ2n) is 5.83. The monoisotopic (exact) mass is 388 g/mol. The molecule has 1 atom stereocenters. The Morgan fingerprint density at radius 2 is 2.00 bits per heavy atom. The molecular weight excluding hydrogens is 371 g/mol. The molecule has 2 aromatic rings. The summed E-state index contributed by atoms with van der Waals surface area (Å²) in [5.74, 6) is -0.838. The summed E-state index contributed by atoms with van der Waals surface area (Å²) in [4.78, 5) is 38.0. The fourth-order valence-electron chi connectivity index (χ4n) is 2.66. The molecule has 0 bridgehead atoms. The Bertz CT molecular complexity index is 872. The molecule has 2 aromatic carbocycles. The third-order valence-corrected chi connectivity index (χ3v) is 5.16. The van der Waals surface area contributed by atoms with Gasteiger partial charge in [-0.15, -0.1) is 11.8 Å². The van der Waals surface area contributed by atoms with Crippen LogP contribution in [0.4, 0.5) is 15.8 Å². The van der Waals surface area contributed by atoms with Crippen molar-refractivity contribution in [3.63, 3.8) is 0 Å². The van der Waals surface area contributed by atoms with Crippen LogP contribution < -0.4 is 15.0 Å². The van der Waals surface area contributed by atoms with Crippen molar-refractivity contribution >= 4 is 40.9 Å². The number of hydrogen-bond donors (Lipinski definition) is 1. The minimum atomic E-state index is -0.623. The van der Waals surface area contributed by atoms with Gasteiger partial charge in [-0.05, 0) is 36.4 Å². The Morgan fingerprint density at radius 1 is 1.26 bits per heavy atom. The molecule has 0 spiro atoms. The van der Waals surface area contributed by atoms with E-state index in [4.69, 9.17) is 4.74 Å². The van der Waals surface area contributed by atoms with E-state index in [1.807, 2.05) is 0 Å². The number of nitrogens with one attached hydrogen (secondary N) is 1. The first-order valence-electron chi connectivity index (χ1n) is 8.16. The van der Waals surface area contributed by atoms with E-state index in [0.717, 1.165) is 16.7 Å². The first-order chi connectivity index (χ1) is 13.0. The van der Waals surface area contributed by atoms with Gasteiger partial charge in [-0.25, -0.2) is 9.29 Å². The second kappa shape index (κ2) is 8.22. The Kier molecular flexibility index (Phi) is 5.75. The van der Waals surface area contributed by atoms with Gasteiger partial charge in [-0.3, -0.25) is 14.4 Å². The molecular formula is C19H17FN2O4S. The zero-order chi connectivity index (χ0) is 19.4. The molecule has 1 saturated heterocycles. The Hall–Kier alpha value is -2.87. The molecule has 1 aliphatic heterocycles. The maximum absolute atomic E-state index is 12.9. The normalized spacial score (nSPS) is 16.5. The summed E-state index contributed by atoms with van der Waals surface area (Å²) in [7, 11) is 1.51. The molecule has 1 unspecified atom stereocenters. The molecule has 27 heavy (non-hydrogen) atoms. The first kappa shape index (κ1) is 18.9. The predicted octanol–water partition coefficient (Wildman–Crippen LogP) is 2.84. The van der Waals surface area contributed by atoms with Crippen molar-refractivity contribution in [3.8, 4) is 5.75 Å². The van der Waals surface area contributed by atoms with Crippen molar-refractivity contribution in [1.29, 1.82) is 0 Å². The van der Waals surface area contributed by atoms with E-state index in [1.165, 1.54) is 31.4 Å². The molecule has 1 heterocycles. The lowest BCUT2D eigenvalue weighted by Gasteiger charge is -2.15. The van der Waals surface area contributed by atoms with Crippen LogP contribution in [0.5, 0.6) is 5.75 Å². The number of carbonyl (C=O) groups is 3. The van der Waals surface area contributed by atoms with Crippen LogP contribution >= 0.6 is 11.8 Å². The van der Waals surface area contributed by atoms with Crippen LogP contribution in [0.3, 0.4) is 0 Å². The number of ether oxygens (including phenoxy) is 1. The van der Waals surface area contributed by atoms with Crippen molar-refractivity contribution in [2.75, 3.05) is 23.1 Å². The number of methoxy groups -OCH3 is 1. The molecule has 3 rings (SSSR count). The van der Waals surface area contributed by atoms with E-state index in [-0.39, 0.29) is 29.9 Å². The van der Waals surface area contributed by atoms with E-state index >= 15 is 0 Å². The smallest absolute Gasteiger partial charge is 0.247 e. The molecule has 140 valence electrons. The number of anilines is 2. The quantitative estimate of drug-likeness (QED) is 0.770. The van der Waals surface area contributed by atoms with E-state index in [0.29, 0.717) is 17.1 Å². The summed E-state index contributed by atoms with van der Waals surface area (Å²) < 4.78 is 18.0. The van der Waals surface area contributed by atoms with Crippen LogP contribution in [0.1, 0.15) is 6.42 Å². The average Bonchev–Trinajstić information content (AvgIpc) is 2.95. The Labute approximate surface area is 159 Å². The van der Waals surface area contributed by atoms with E-state index in [2.05, 4.69) is 5.32 Å². The minimum absolute atomic E-state index is 0.00696. The van der Waals surface area contributed by atoms with Crippen LogP contribution in [0, 0.1) is 5.82 Å². The number of halogens is 1. The fraction of sp³-hybridized carbons (Fsp3) is 0.211. The molecule has 3 amide bonds. The van der Waals surface area contributed by atoms with Gasteiger partial charge in [-0.2, -0.15) is 0 Å². The van der Waals surface area contributed by atoms with Crippen molar-refractivity contribution in [2.24, 2.45) is 0 Å². The summed E-state index contributed by atoms with van der Waals surface area (Å²) in [6.07, 6.45) is 0.0323. The van der Waals surface area contributed by atoms with E-state index in [1.54, 1.807) is 24.3 Å². The molecule has 0 saturated carbocycles. The third kappa shape index (κ3) is 4.46. The summed E-state index contributed by atoms with van der Waals surface area (Å²) in [5.41, 5.74) is 0.914. The standard InChI is InChI=1S/C19H17FN2O4S/c1-26-15-4-2-3-14(9-15)22-18(24)10-16(19(22)25)27-11-17(23)21-13-7-5-12(20)6-8-13/h2-9,16H,10-11H2,1H3,(H,21,23). The first-order valence-corrected chi connectivity index (χ1v) is 9.20. The van der Waals surface area contributed by atoms with Gasteiger partial charge in [-0.1, -0.05) is 6.07 Å². The highest BCUT2D eigenvalue weighted by atomic mass is 32.2. The third-order valence-electron chi connectivity index (χ3n) is 3.96. The molecule has 0 radical (unpaired) electrons. The highest BCUT2D eigenvalue weighted by Gasteiger charge is 2.40. The van der Waals surface area contributed by atoms with Crippen molar-refractivity contribution in [2.45, 2.75) is 11.7 Å². The van der Waals surface area contributed by atoms with Crippen molar-refractivity contribution < 1.29 is 23.5 Å². The molecule has 1 aliphatic rings. The van der Waals surface area contributed by atoms with Crippen molar-refractivity contribution in [3.05, 3.63) is 54.3 Å². The summed E-state index contributed by atoms with van der Waals surface area (Å²) in [6.45, 7) is 0. The van der Waals surface area contributed by atoms with Gasteiger partial charge >= 0.3 is 0 Å². The minimum Gasteiger partial charge on any atom is -0.497 e. The number of carbonyl (C=O) groups excluding carboxylic acids is 3. The maximum atomic E-state index is 12.9. The number of benzene rings is 2. The molecule has 1 N–H and O–H groups in total. The van der Waals surface area contributed by atoms with Gasteiger partial charge in [0.2, 0.25) is 17.7 Å². The van der Waals surface area contributed by atoms with E-state index in [9.17, 15) is 18.8 Å². The van der Waals surface area contributed by atoms with Crippen LogP contribution in [0.25, 0.3) is 0 Å². The fourth-order valence-corrected chi connectivity index (χ4v) is 3.59. The number of thioether (sulfide) groups is 1. The number of hydrogen-bond acceptors (Lipinski definition) is 5. The topological polar surface area (TPSA) is 75.7 Å². The van der Waals surface area contributed by atoms with Crippen LogP contribution in [0.15, 0.2) is 48.5 Å². The summed E-state index contributed by atoms with van der Waals surface area (Å²) in [5, 5.41) is 2.00. The predicted molar refractivity (Wildman–Crippen MR) is 101 cm³/mol. The largest absolute Gasteiger partial charge is 0.497 e. The van der Waals surface area contributed by atoms with Crippen LogP contribution in [-0.4, -0.2) is 35.8 Å². The van der Waals surface area contributed by atoms with Gasteiger partial charge in [0.1, 0.15) is 11.6 Å². The van der Waals surface area contributed by atoms with E-state index < -0.39 is 11.1 Å².